The van der Waals surface area contributed by atoms with E-state index >= 15 is 0 Å². The molecule has 0 saturated carbocycles. The van der Waals surface area contributed by atoms with E-state index in [9.17, 15) is 18.0 Å². The number of aryl methyl sites for hydroxylation is 1. The van der Waals surface area contributed by atoms with E-state index in [0.717, 1.165) is 0 Å². The SMILES string of the molecule is Cn1cc(S(=O)(=O)N2CCCC2C(=O)NCc2ccco2)cc1C(N)=O. The molecule has 1 aliphatic rings. The van der Waals surface area contributed by atoms with Crippen LogP contribution in [0, 0.1) is 0 Å². The first-order valence-electron chi connectivity index (χ1n) is 8.09. The van der Waals surface area contributed by atoms with Gasteiger partial charge in [0.15, 0.2) is 0 Å². The monoisotopic (exact) mass is 380 g/mol. The molecule has 3 heterocycles. The normalized spacial score (nSPS) is 18.1. The second kappa shape index (κ2) is 6.96. The van der Waals surface area contributed by atoms with Crippen molar-refractivity contribution in [1.29, 1.82) is 0 Å². The molecule has 140 valence electrons. The fraction of sp³-hybridized carbons (Fsp3) is 0.375. The van der Waals surface area contributed by atoms with Crippen molar-refractivity contribution >= 4 is 21.8 Å². The Morgan fingerprint density at radius 3 is 2.81 bits per heavy atom. The first kappa shape index (κ1) is 18.2. The molecule has 0 aromatic carbocycles. The van der Waals surface area contributed by atoms with E-state index in [0.29, 0.717) is 18.6 Å². The number of nitrogens with one attached hydrogen (secondary N) is 1. The molecular weight excluding hydrogens is 360 g/mol. The summed E-state index contributed by atoms with van der Waals surface area (Å²) in [5, 5.41) is 2.70. The van der Waals surface area contributed by atoms with Crippen LogP contribution in [0.3, 0.4) is 0 Å². The molecule has 3 rings (SSSR count). The van der Waals surface area contributed by atoms with Gasteiger partial charge in [-0.1, -0.05) is 0 Å². The standard InChI is InChI=1S/C16H20N4O5S/c1-19-10-12(8-14(19)15(17)21)26(23,24)20-6-2-5-13(20)16(22)18-9-11-4-3-7-25-11/h3-4,7-8,10,13H,2,5-6,9H2,1H3,(H2,17,21)(H,18,22). The molecule has 0 spiro atoms. The zero-order valence-corrected chi connectivity index (χ0v) is 15.0. The lowest BCUT2D eigenvalue weighted by atomic mass is 10.2. The Balaban J connectivity index is 1.78. The van der Waals surface area contributed by atoms with Crippen LogP contribution in [-0.4, -0.2) is 41.7 Å². The lowest BCUT2D eigenvalue weighted by Gasteiger charge is -2.22. The molecule has 1 unspecified atom stereocenters. The summed E-state index contributed by atoms with van der Waals surface area (Å²) < 4.78 is 33.5. The number of primary amides is 1. The van der Waals surface area contributed by atoms with Crippen LogP contribution in [0.1, 0.15) is 29.1 Å². The van der Waals surface area contributed by atoms with Crippen molar-refractivity contribution in [2.24, 2.45) is 12.8 Å². The van der Waals surface area contributed by atoms with Gasteiger partial charge in [-0.15, -0.1) is 0 Å². The fourth-order valence-corrected chi connectivity index (χ4v) is 4.78. The van der Waals surface area contributed by atoms with Crippen molar-refractivity contribution in [3.05, 3.63) is 42.1 Å². The summed E-state index contributed by atoms with van der Waals surface area (Å²) in [7, 11) is -2.38. The minimum Gasteiger partial charge on any atom is -0.467 e. The van der Waals surface area contributed by atoms with E-state index < -0.39 is 22.0 Å². The summed E-state index contributed by atoms with van der Waals surface area (Å²) in [6.07, 6.45) is 3.83. The third-order valence-electron chi connectivity index (χ3n) is 4.36. The van der Waals surface area contributed by atoms with Gasteiger partial charge in [0.05, 0.1) is 12.8 Å². The Labute approximate surface area is 150 Å². The number of rotatable bonds is 6. The molecule has 2 aromatic rings. The molecule has 2 amide bonds. The van der Waals surface area contributed by atoms with Gasteiger partial charge in [0.2, 0.25) is 15.9 Å². The van der Waals surface area contributed by atoms with Crippen LogP contribution in [0.15, 0.2) is 40.0 Å². The first-order valence-corrected chi connectivity index (χ1v) is 9.53. The maximum atomic E-state index is 12.9. The number of aromatic nitrogens is 1. The van der Waals surface area contributed by atoms with Crippen molar-refractivity contribution in [2.45, 2.75) is 30.3 Å². The maximum absolute atomic E-state index is 12.9. The van der Waals surface area contributed by atoms with Crippen molar-refractivity contribution in [2.75, 3.05) is 6.54 Å². The van der Waals surface area contributed by atoms with Gasteiger partial charge >= 0.3 is 0 Å². The highest BCUT2D eigenvalue weighted by Gasteiger charge is 2.40. The van der Waals surface area contributed by atoms with Crippen LogP contribution >= 0.6 is 0 Å². The topological polar surface area (TPSA) is 128 Å². The molecule has 26 heavy (non-hydrogen) atoms. The predicted octanol–water partition coefficient (Wildman–Crippen LogP) is 0.187. The van der Waals surface area contributed by atoms with Crippen LogP contribution in [-0.2, 0) is 28.4 Å². The second-order valence-electron chi connectivity index (χ2n) is 6.11. The summed E-state index contributed by atoms with van der Waals surface area (Å²) >= 11 is 0. The van der Waals surface area contributed by atoms with Crippen molar-refractivity contribution in [1.82, 2.24) is 14.2 Å². The largest absolute Gasteiger partial charge is 0.467 e. The van der Waals surface area contributed by atoms with Crippen LogP contribution < -0.4 is 11.1 Å². The number of carbonyl (C=O) groups excluding carboxylic acids is 2. The van der Waals surface area contributed by atoms with E-state index in [1.54, 1.807) is 12.1 Å². The molecule has 3 N–H and O–H groups in total. The Morgan fingerprint density at radius 2 is 2.19 bits per heavy atom. The van der Waals surface area contributed by atoms with E-state index in [-0.39, 0.29) is 29.6 Å². The Morgan fingerprint density at radius 1 is 1.42 bits per heavy atom. The van der Waals surface area contributed by atoms with Gasteiger partial charge in [0.1, 0.15) is 22.4 Å². The number of sulfonamides is 1. The van der Waals surface area contributed by atoms with Crippen LogP contribution in [0.2, 0.25) is 0 Å². The highest BCUT2D eigenvalue weighted by molar-refractivity contribution is 7.89. The van der Waals surface area contributed by atoms with E-state index in [1.165, 1.54) is 34.4 Å². The molecule has 0 radical (unpaired) electrons. The quantitative estimate of drug-likeness (QED) is 0.739. The average molecular weight is 380 g/mol. The summed E-state index contributed by atoms with van der Waals surface area (Å²) in [5.74, 6) is -0.517. The minimum absolute atomic E-state index is 0.0560. The summed E-state index contributed by atoms with van der Waals surface area (Å²) in [4.78, 5) is 23.8. The van der Waals surface area contributed by atoms with Crippen LogP contribution in [0.5, 0.6) is 0 Å². The molecule has 0 aliphatic carbocycles. The number of amides is 2. The van der Waals surface area contributed by atoms with E-state index in [2.05, 4.69) is 5.32 Å². The number of hydrogen-bond donors (Lipinski definition) is 2. The third-order valence-corrected chi connectivity index (χ3v) is 6.24. The van der Waals surface area contributed by atoms with Gasteiger partial charge in [-0.3, -0.25) is 9.59 Å². The van der Waals surface area contributed by atoms with Gasteiger partial charge in [-0.05, 0) is 31.0 Å². The third kappa shape index (κ3) is 3.37. The first-order chi connectivity index (χ1) is 12.3. The molecule has 0 bridgehead atoms. The average Bonchev–Trinajstić information content (AvgIpc) is 3.32. The lowest BCUT2D eigenvalue weighted by Crippen LogP contribution is -2.45. The Bertz CT molecular complexity index is 917. The van der Waals surface area contributed by atoms with Crippen molar-refractivity contribution in [3.8, 4) is 0 Å². The number of nitrogens with two attached hydrogens (primary N) is 1. The van der Waals surface area contributed by atoms with Gasteiger partial charge in [-0.25, -0.2) is 8.42 Å². The molecule has 1 aliphatic heterocycles. The second-order valence-corrected chi connectivity index (χ2v) is 8.00. The minimum atomic E-state index is -3.92. The van der Waals surface area contributed by atoms with Gasteiger partial charge in [0.25, 0.3) is 5.91 Å². The molecule has 2 aromatic heterocycles. The van der Waals surface area contributed by atoms with Crippen molar-refractivity contribution < 1.29 is 22.4 Å². The number of furan rings is 1. The summed E-state index contributed by atoms with van der Waals surface area (Å²) in [5.41, 5.74) is 5.33. The predicted molar refractivity (Wildman–Crippen MR) is 91.4 cm³/mol. The molecular formula is C16H20N4O5S. The lowest BCUT2D eigenvalue weighted by molar-refractivity contribution is -0.124. The molecule has 1 fully saturated rings. The highest BCUT2D eigenvalue weighted by atomic mass is 32.2. The smallest absolute Gasteiger partial charge is 0.265 e. The fourth-order valence-electron chi connectivity index (χ4n) is 3.05. The van der Waals surface area contributed by atoms with Crippen molar-refractivity contribution in [3.63, 3.8) is 0 Å². The number of nitrogens with zero attached hydrogens (tertiary/aromatic N) is 2. The molecule has 10 heteroatoms. The van der Waals surface area contributed by atoms with E-state index in [4.69, 9.17) is 10.2 Å². The zero-order chi connectivity index (χ0) is 18.9. The van der Waals surface area contributed by atoms with Gasteiger partial charge in [0, 0.05) is 19.8 Å². The molecule has 1 atom stereocenters. The van der Waals surface area contributed by atoms with E-state index in [1.807, 2.05) is 0 Å². The molecule has 1 saturated heterocycles. The van der Waals surface area contributed by atoms with Crippen LogP contribution in [0.25, 0.3) is 0 Å². The Hall–Kier alpha value is -2.59. The summed E-state index contributed by atoms with van der Waals surface area (Å²) in [6.45, 7) is 0.426. The summed E-state index contributed by atoms with van der Waals surface area (Å²) in [6, 6.07) is 3.86. The number of hydrogen-bond acceptors (Lipinski definition) is 5. The van der Waals surface area contributed by atoms with Gasteiger partial charge < -0.3 is 20.0 Å². The highest BCUT2D eigenvalue weighted by Crippen LogP contribution is 2.27. The maximum Gasteiger partial charge on any atom is 0.265 e. The number of carbonyl (C=O) groups is 2. The Kier molecular flexibility index (Phi) is 4.88. The zero-order valence-electron chi connectivity index (χ0n) is 14.2. The van der Waals surface area contributed by atoms with Crippen LogP contribution in [0.4, 0.5) is 0 Å². The molecule has 9 nitrogen and oxygen atoms in total. The van der Waals surface area contributed by atoms with Gasteiger partial charge in [-0.2, -0.15) is 4.31 Å².